The molecule has 2 rings (SSSR count). The highest BCUT2D eigenvalue weighted by Crippen LogP contribution is 2.32. The minimum atomic E-state index is -0.440. The Morgan fingerprint density at radius 1 is 1.33 bits per heavy atom. The summed E-state index contributed by atoms with van der Waals surface area (Å²) in [4.78, 5) is 12.0. The predicted molar refractivity (Wildman–Crippen MR) is 81.5 cm³/mol. The smallest absolute Gasteiger partial charge is 0.237 e. The molecular weight excluding hydrogens is 268 g/mol. The van der Waals surface area contributed by atoms with Crippen LogP contribution in [0.3, 0.4) is 0 Å². The molecule has 0 saturated carbocycles. The van der Waals surface area contributed by atoms with Crippen molar-refractivity contribution in [1.82, 2.24) is 5.32 Å². The van der Waals surface area contributed by atoms with Gasteiger partial charge in [-0.3, -0.25) is 4.79 Å². The maximum absolute atomic E-state index is 12.0. The molecule has 0 aromatic heterocycles. The second-order valence-electron chi connectivity index (χ2n) is 5.38. The van der Waals surface area contributed by atoms with E-state index in [1.54, 1.807) is 0 Å². The predicted octanol–water partition coefficient (Wildman–Crippen LogP) is 2.15. The summed E-state index contributed by atoms with van der Waals surface area (Å²) in [6.45, 7) is 5.16. The molecule has 2 unspecified atom stereocenters. The van der Waals surface area contributed by atoms with Crippen molar-refractivity contribution in [3.63, 3.8) is 0 Å². The van der Waals surface area contributed by atoms with E-state index in [1.807, 2.05) is 25.1 Å². The van der Waals surface area contributed by atoms with Gasteiger partial charge in [0.15, 0.2) is 11.5 Å². The van der Waals surface area contributed by atoms with Gasteiger partial charge in [0, 0.05) is 0 Å². The number of carbonyl (C=O) groups excluding carboxylic acids is 1. The normalized spacial score (nSPS) is 16.1. The lowest BCUT2D eigenvalue weighted by Gasteiger charge is -2.22. The summed E-state index contributed by atoms with van der Waals surface area (Å²) in [7, 11) is 0. The molecule has 2 atom stereocenters. The second kappa shape index (κ2) is 7.31. The molecule has 1 amide bonds. The first kappa shape index (κ1) is 15.6. The molecule has 0 aliphatic carbocycles. The highest BCUT2D eigenvalue weighted by molar-refractivity contribution is 5.81. The van der Waals surface area contributed by atoms with Crippen molar-refractivity contribution in [3.05, 3.63) is 23.8 Å². The maximum Gasteiger partial charge on any atom is 0.237 e. The molecule has 1 heterocycles. The van der Waals surface area contributed by atoms with Gasteiger partial charge >= 0.3 is 0 Å². The number of rotatable bonds is 6. The zero-order valence-electron chi connectivity index (χ0n) is 12.7. The van der Waals surface area contributed by atoms with Crippen LogP contribution < -0.4 is 20.5 Å². The average Bonchev–Trinajstić information content (AvgIpc) is 2.51. The minimum absolute atomic E-state index is 0.106. The number of hydrogen-bond donors (Lipinski definition) is 2. The van der Waals surface area contributed by atoms with Crippen LogP contribution in [0.5, 0.6) is 11.5 Å². The summed E-state index contributed by atoms with van der Waals surface area (Å²) in [6.07, 6.45) is 2.72. The third-order valence-electron chi connectivity index (χ3n) is 3.63. The molecule has 1 aliphatic heterocycles. The van der Waals surface area contributed by atoms with Crippen LogP contribution in [0.25, 0.3) is 0 Å². The maximum atomic E-state index is 12.0. The van der Waals surface area contributed by atoms with Crippen LogP contribution >= 0.6 is 0 Å². The average molecular weight is 292 g/mol. The number of amides is 1. The van der Waals surface area contributed by atoms with Gasteiger partial charge in [0.05, 0.1) is 12.1 Å². The van der Waals surface area contributed by atoms with Gasteiger partial charge in [-0.1, -0.05) is 25.8 Å². The molecule has 0 saturated heterocycles. The Hall–Kier alpha value is -1.75. The number of hydrogen-bond acceptors (Lipinski definition) is 4. The lowest BCUT2D eigenvalue weighted by Crippen LogP contribution is -2.41. The molecule has 21 heavy (non-hydrogen) atoms. The zero-order valence-corrected chi connectivity index (χ0v) is 12.7. The van der Waals surface area contributed by atoms with Crippen molar-refractivity contribution in [3.8, 4) is 11.5 Å². The summed E-state index contributed by atoms with van der Waals surface area (Å²) < 4.78 is 11.0. The number of nitrogens with two attached hydrogens (primary N) is 1. The van der Waals surface area contributed by atoms with E-state index < -0.39 is 6.04 Å². The number of nitrogens with one attached hydrogen (secondary N) is 1. The van der Waals surface area contributed by atoms with Crippen molar-refractivity contribution in [2.24, 2.45) is 5.73 Å². The van der Waals surface area contributed by atoms with E-state index in [2.05, 4.69) is 12.2 Å². The third kappa shape index (κ3) is 4.11. The molecule has 116 valence electrons. The van der Waals surface area contributed by atoms with Crippen LogP contribution in [0.2, 0.25) is 0 Å². The number of fused-ring (bicyclic) bond motifs is 1. The van der Waals surface area contributed by atoms with Crippen molar-refractivity contribution in [1.29, 1.82) is 0 Å². The molecule has 1 aromatic rings. The summed E-state index contributed by atoms with van der Waals surface area (Å²) >= 11 is 0. The first-order valence-corrected chi connectivity index (χ1v) is 7.57. The molecule has 0 spiro atoms. The molecule has 1 aromatic carbocycles. The minimum Gasteiger partial charge on any atom is -0.486 e. The van der Waals surface area contributed by atoms with E-state index in [4.69, 9.17) is 15.2 Å². The zero-order chi connectivity index (χ0) is 15.2. The summed E-state index contributed by atoms with van der Waals surface area (Å²) in [5.74, 6) is 1.38. The van der Waals surface area contributed by atoms with E-state index in [1.165, 1.54) is 0 Å². The Balaban J connectivity index is 1.96. The number of ether oxygens (including phenoxy) is 2. The molecule has 5 heteroatoms. The number of unbranched alkanes of at least 4 members (excludes halogenated alkanes) is 1. The van der Waals surface area contributed by atoms with Gasteiger partial charge in [0.25, 0.3) is 0 Å². The standard InChI is InChI=1S/C16H24N2O3/c1-3-4-5-13(17)16(19)18-11(2)12-6-7-14-15(10-12)21-9-8-20-14/h6-7,10-11,13H,3-5,8-9,17H2,1-2H3,(H,18,19). The van der Waals surface area contributed by atoms with Crippen molar-refractivity contribution >= 4 is 5.91 Å². The van der Waals surface area contributed by atoms with E-state index >= 15 is 0 Å². The number of benzene rings is 1. The quantitative estimate of drug-likeness (QED) is 0.842. The Bertz CT molecular complexity index is 490. The second-order valence-corrected chi connectivity index (χ2v) is 5.38. The Morgan fingerprint density at radius 2 is 2.05 bits per heavy atom. The van der Waals surface area contributed by atoms with Gasteiger partial charge in [-0.05, 0) is 31.0 Å². The van der Waals surface area contributed by atoms with Crippen LogP contribution in [0, 0.1) is 0 Å². The van der Waals surface area contributed by atoms with Crippen LogP contribution in [-0.4, -0.2) is 25.2 Å². The molecule has 5 nitrogen and oxygen atoms in total. The van der Waals surface area contributed by atoms with Gasteiger partial charge in [0.2, 0.25) is 5.91 Å². The molecule has 3 N–H and O–H groups in total. The van der Waals surface area contributed by atoms with Gasteiger partial charge < -0.3 is 20.5 Å². The summed E-state index contributed by atoms with van der Waals surface area (Å²) in [5, 5.41) is 2.95. The van der Waals surface area contributed by atoms with Crippen molar-refractivity contribution in [2.45, 2.75) is 45.2 Å². The fourth-order valence-electron chi connectivity index (χ4n) is 2.29. The van der Waals surface area contributed by atoms with Crippen LogP contribution in [0.15, 0.2) is 18.2 Å². The highest BCUT2D eigenvalue weighted by Gasteiger charge is 2.18. The Kier molecular flexibility index (Phi) is 5.44. The van der Waals surface area contributed by atoms with Crippen LogP contribution in [-0.2, 0) is 4.79 Å². The molecule has 0 bridgehead atoms. The van der Waals surface area contributed by atoms with Gasteiger partial charge in [-0.15, -0.1) is 0 Å². The molecule has 1 aliphatic rings. The first-order valence-electron chi connectivity index (χ1n) is 7.57. The fourth-order valence-corrected chi connectivity index (χ4v) is 2.29. The fraction of sp³-hybridized carbons (Fsp3) is 0.562. The molecule has 0 radical (unpaired) electrons. The van der Waals surface area contributed by atoms with Crippen LogP contribution in [0.1, 0.15) is 44.7 Å². The lowest BCUT2D eigenvalue weighted by molar-refractivity contribution is -0.123. The van der Waals surface area contributed by atoms with Crippen molar-refractivity contribution < 1.29 is 14.3 Å². The monoisotopic (exact) mass is 292 g/mol. The van der Waals surface area contributed by atoms with E-state index in [0.717, 1.165) is 36.3 Å². The first-order chi connectivity index (χ1) is 10.1. The SMILES string of the molecule is CCCCC(N)C(=O)NC(C)c1ccc2c(c1)OCCO2. The largest absolute Gasteiger partial charge is 0.486 e. The highest BCUT2D eigenvalue weighted by atomic mass is 16.6. The van der Waals surface area contributed by atoms with E-state index in [0.29, 0.717) is 13.2 Å². The van der Waals surface area contributed by atoms with Gasteiger partial charge in [0.1, 0.15) is 13.2 Å². The lowest BCUT2D eigenvalue weighted by atomic mass is 10.1. The Labute approximate surface area is 125 Å². The van der Waals surface area contributed by atoms with Gasteiger partial charge in [-0.2, -0.15) is 0 Å². The van der Waals surface area contributed by atoms with Crippen LogP contribution in [0.4, 0.5) is 0 Å². The van der Waals surface area contributed by atoms with Crippen molar-refractivity contribution in [2.75, 3.05) is 13.2 Å². The molecule has 0 fully saturated rings. The van der Waals surface area contributed by atoms with E-state index in [9.17, 15) is 4.79 Å². The van der Waals surface area contributed by atoms with Gasteiger partial charge in [-0.25, -0.2) is 0 Å². The number of carbonyl (C=O) groups is 1. The third-order valence-corrected chi connectivity index (χ3v) is 3.63. The summed E-state index contributed by atoms with van der Waals surface area (Å²) in [5.41, 5.74) is 6.87. The summed E-state index contributed by atoms with van der Waals surface area (Å²) in [6, 6.07) is 5.18. The van der Waals surface area contributed by atoms with E-state index in [-0.39, 0.29) is 11.9 Å². The Morgan fingerprint density at radius 3 is 2.76 bits per heavy atom. The molecular formula is C16H24N2O3. The topological polar surface area (TPSA) is 73.6 Å².